The molecule has 0 radical (unpaired) electrons. The van der Waals surface area contributed by atoms with Crippen molar-refractivity contribution in [2.75, 3.05) is 5.32 Å². The molecule has 1 fully saturated rings. The quantitative estimate of drug-likeness (QED) is 0.699. The van der Waals surface area contributed by atoms with Crippen LogP contribution in [-0.2, 0) is 27.3 Å². The summed E-state index contributed by atoms with van der Waals surface area (Å²) in [6, 6.07) is 8.40. The molecule has 3 rings (SSSR count). The van der Waals surface area contributed by atoms with E-state index < -0.39 is 29.6 Å². The molecule has 1 aromatic carbocycles. The molecule has 2 amide bonds. The van der Waals surface area contributed by atoms with Crippen LogP contribution in [0.4, 0.5) is 9.93 Å². The van der Waals surface area contributed by atoms with Gasteiger partial charge in [0.15, 0.2) is 5.13 Å². The van der Waals surface area contributed by atoms with Crippen molar-refractivity contribution >= 4 is 34.4 Å². The first-order valence-corrected chi connectivity index (χ1v) is 9.97. The molecular formula is C20H23N3O5S. The van der Waals surface area contributed by atoms with E-state index in [4.69, 9.17) is 4.74 Å². The van der Waals surface area contributed by atoms with Crippen LogP contribution in [0.1, 0.15) is 31.2 Å². The van der Waals surface area contributed by atoms with Crippen molar-refractivity contribution < 1.29 is 24.2 Å². The molecule has 1 aliphatic heterocycles. The molecule has 8 nitrogen and oxygen atoms in total. The number of benzene rings is 1. The van der Waals surface area contributed by atoms with Gasteiger partial charge in [0.05, 0.1) is 5.92 Å². The summed E-state index contributed by atoms with van der Waals surface area (Å²) in [6.07, 6.45) is 1.19. The maximum atomic E-state index is 12.6. The zero-order chi connectivity index (χ0) is 21.2. The Kier molecular flexibility index (Phi) is 5.88. The van der Waals surface area contributed by atoms with Gasteiger partial charge in [0.25, 0.3) is 0 Å². The number of anilines is 1. The number of carbonyl (C=O) groups excluding carboxylic acids is 2. The lowest BCUT2D eigenvalue weighted by Crippen LogP contribution is -2.64. The second-order valence-electron chi connectivity index (χ2n) is 7.80. The number of hydrogen-bond donors (Lipinski definition) is 2. The van der Waals surface area contributed by atoms with Crippen molar-refractivity contribution in [1.29, 1.82) is 0 Å². The Labute approximate surface area is 172 Å². The number of aromatic nitrogens is 1. The minimum Gasteiger partial charge on any atom is -0.480 e. The third-order valence-electron chi connectivity index (χ3n) is 4.35. The van der Waals surface area contributed by atoms with Crippen molar-refractivity contribution in [2.45, 2.75) is 45.4 Å². The third kappa shape index (κ3) is 5.11. The van der Waals surface area contributed by atoms with Gasteiger partial charge in [-0.3, -0.25) is 10.1 Å². The predicted octanol–water partition coefficient (Wildman–Crippen LogP) is 3.14. The monoisotopic (exact) mass is 417 g/mol. The highest BCUT2D eigenvalue weighted by atomic mass is 32.1. The number of carbonyl (C=O) groups is 3. The van der Waals surface area contributed by atoms with Crippen molar-refractivity contribution in [3.63, 3.8) is 0 Å². The molecule has 0 aliphatic carbocycles. The number of carboxylic acid groups (broad SMARTS) is 1. The number of nitrogens with one attached hydrogen (secondary N) is 1. The Morgan fingerprint density at radius 1 is 1.28 bits per heavy atom. The smallest absolute Gasteiger partial charge is 0.413 e. The molecule has 0 saturated carbocycles. The van der Waals surface area contributed by atoms with Crippen LogP contribution in [0.5, 0.6) is 0 Å². The Morgan fingerprint density at radius 2 is 1.97 bits per heavy atom. The van der Waals surface area contributed by atoms with Crippen molar-refractivity contribution in [3.05, 3.63) is 47.0 Å². The summed E-state index contributed by atoms with van der Waals surface area (Å²) >= 11 is 1.20. The SMILES string of the molecule is CC(C)(C)OC(=O)Nc1ncc(C[C@H]2C(=O)N(Cc3ccccc3)[C@@H]2C(=O)O)s1. The standard InChI is InChI=1S/C20H23N3O5S/c1-20(2,3)28-19(27)22-18-21-10-13(29-18)9-14-15(17(25)26)23(16(14)24)11-12-7-5-4-6-8-12/h4-8,10,14-15H,9,11H2,1-3H3,(H,25,26)(H,21,22,27)/t14-,15+/m1/s1. The molecule has 2 heterocycles. The van der Waals surface area contributed by atoms with Crippen molar-refractivity contribution in [3.8, 4) is 0 Å². The Bertz CT molecular complexity index is 906. The summed E-state index contributed by atoms with van der Waals surface area (Å²) in [5, 5.41) is 12.5. The second kappa shape index (κ2) is 8.20. The lowest BCUT2D eigenvalue weighted by Gasteiger charge is -2.44. The first-order valence-electron chi connectivity index (χ1n) is 9.16. The van der Waals surface area contributed by atoms with Gasteiger partial charge < -0.3 is 14.7 Å². The molecule has 1 aromatic heterocycles. The molecule has 2 N–H and O–H groups in total. The topological polar surface area (TPSA) is 109 Å². The fourth-order valence-electron chi connectivity index (χ4n) is 3.15. The normalized spacial score (nSPS) is 18.9. The van der Waals surface area contributed by atoms with Gasteiger partial charge in [-0.15, -0.1) is 11.3 Å². The number of ether oxygens (including phenoxy) is 1. The van der Waals surface area contributed by atoms with Gasteiger partial charge in [-0.2, -0.15) is 0 Å². The Balaban J connectivity index is 1.63. The number of nitrogens with zero attached hydrogens (tertiary/aromatic N) is 2. The van der Waals surface area contributed by atoms with Gasteiger partial charge in [0, 0.05) is 17.6 Å². The number of aliphatic carboxylic acids is 1. The van der Waals surface area contributed by atoms with Crippen molar-refractivity contribution in [2.24, 2.45) is 5.92 Å². The molecule has 0 unspecified atom stereocenters. The van der Waals surface area contributed by atoms with Crippen LogP contribution >= 0.6 is 11.3 Å². The lowest BCUT2D eigenvalue weighted by molar-refractivity contribution is -0.171. The third-order valence-corrected chi connectivity index (χ3v) is 5.28. The lowest BCUT2D eigenvalue weighted by atomic mass is 9.84. The number of carboxylic acids is 1. The fraction of sp³-hybridized carbons (Fsp3) is 0.400. The fourth-order valence-corrected chi connectivity index (χ4v) is 4.00. The average molecular weight is 417 g/mol. The number of likely N-dealkylation sites (tertiary alicyclic amines) is 1. The second-order valence-corrected chi connectivity index (χ2v) is 8.92. The van der Waals surface area contributed by atoms with Crippen LogP contribution in [0.3, 0.4) is 0 Å². The van der Waals surface area contributed by atoms with E-state index >= 15 is 0 Å². The first kappa shape index (κ1) is 20.8. The number of amides is 2. The number of hydrogen-bond acceptors (Lipinski definition) is 6. The summed E-state index contributed by atoms with van der Waals surface area (Å²) < 4.78 is 5.18. The molecule has 9 heteroatoms. The number of β-lactam (4-membered cyclic amide) rings is 1. The summed E-state index contributed by atoms with van der Waals surface area (Å²) in [5.74, 6) is -1.87. The van der Waals surface area contributed by atoms with E-state index in [1.807, 2.05) is 30.3 Å². The zero-order valence-electron chi connectivity index (χ0n) is 16.4. The minimum atomic E-state index is -1.03. The molecular weight excluding hydrogens is 394 g/mol. The molecule has 2 aromatic rings. The van der Waals surface area contributed by atoms with Gasteiger partial charge in [-0.1, -0.05) is 30.3 Å². The minimum absolute atomic E-state index is 0.198. The van der Waals surface area contributed by atoms with Gasteiger partial charge in [0.1, 0.15) is 11.6 Å². The van der Waals surface area contributed by atoms with E-state index in [-0.39, 0.29) is 18.9 Å². The van der Waals surface area contributed by atoms with Gasteiger partial charge in [-0.25, -0.2) is 14.6 Å². The van der Waals surface area contributed by atoms with Crippen LogP contribution in [0.15, 0.2) is 36.5 Å². The van der Waals surface area contributed by atoms with E-state index in [1.54, 1.807) is 27.0 Å². The predicted molar refractivity (Wildman–Crippen MR) is 108 cm³/mol. The van der Waals surface area contributed by atoms with Gasteiger partial charge >= 0.3 is 12.1 Å². The zero-order valence-corrected chi connectivity index (χ0v) is 17.2. The van der Waals surface area contributed by atoms with E-state index in [0.29, 0.717) is 5.13 Å². The van der Waals surface area contributed by atoms with E-state index in [0.717, 1.165) is 10.4 Å². The maximum Gasteiger partial charge on any atom is 0.413 e. The average Bonchev–Trinajstić information content (AvgIpc) is 3.06. The van der Waals surface area contributed by atoms with Crippen LogP contribution in [0.2, 0.25) is 0 Å². The largest absolute Gasteiger partial charge is 0.480 e. The number of thiazole rings is 1. The summed E-state index contributed by atoms with van der Waals surface area (Å²) in [5.41, 5.74) is 0.256. The highest BCUT2D eigenvalue weighted by Crippen LogP contribution is 2.33. The number of rotatable bonds is 6. The van der Waals surface area contributed by atoms with E-state index in [9.17, 15) is 19.5 Å². The first-order chi connectivity index (χ1) is 13.6. The van der Waals surface area contributed by atoms with Gasteiger partial charge in [-0.05, 0) is 32.8 Å². The summed E-state index contributed by atoms with van der Waals surface area (Å²) in [7, 11) is 0. The molecule has 2 atom stereocenters. The van der Waals surface area contributed by atoms with Crippen LogP contribution in [0.25, 0.3) is 0 Å². The molecule has 0 bridgehead atoms. The van der Waals surface area contributed by atoms with Crippen molar-refractivity contribution in [1.82, 2.24) is 9.88 Å². The molecule has 29 heavy (non-hydrogen) atoms. The molecule has 154 valence electrons. The molecule has 1 saturated heterocycles. The highest BCUT2D eigenvalue weighted by Gasteiger charge is 2.51. The highest BCUT2D eigenvalue weighted by molar-refractivity contribution is 7.15. The Morgan fingerprint density at radius 3 is 2.59 bits per heavy atom. The molecule has 0 spiro atoms. The van der Waals surface area contributed by atoms with E-state index in [2.05, 4.69) is 10.3 Å². The van der Waals surface area contributed by atoms with Crippen LogP contribution in [-0.4, -0.2) is 44.6 Å². The van der Waals surface area contributed by atoms with Gasteiger partial charge in [0.2, 0.25) is 5.91 Å². The van der Waals surface area contributed by atoms with E-state index in [1.165, 1.54) is 16.2 Å². The van der Waals surface area contributed by atoms with Crippen LogP contribution in [0, 0.1) is 5.92 Å². The van der Waals surface area contributed by atoms with Crippen LogP contribution < -0.4 is 5.32 Å². The Hall–Kier alpha value is -2.94. The maximum absolute atomic E-state index is 12.6. The summed E-state index contributed by atoms with van der Waals surface area (Å²) in [4.78, 5) is 42.4. The molecule has 1 aliphatic rings. The summed E-state index contributed by atoms with van der Waals surface area (Å²) in [6.45, 7) is 5.54.